The van der Waals surface area contributed by atoms with Gasteiger partial charge in [-0.15, -0.1) is 0 Å². The van der Waals surface area contributed by atoms with Crippen LogP contribution in [-0.2, 0) is 11.3 Å². The second kappa shape index (κ2) is 9.97. The maximum atomic E-state index is 12.7. The molecule has 3 N–H and O–H groups in total. The molecule has 0 bridgehead atoms. The highest BCUT2D eigenvalue weighted by atomic mass is 16.7. The summed E-state index contributed by atoms with van der Waals surface area (Å²) in [7, 11) is 0. The SMILES string of the molecule is O=C(NC(CO)C(=O)NCc1ccc2c(c1)OCO2)c1cccc(C(=O)c2ccccc2)c1. The van der Waals surface area contributed by atoms with Crippen LogP contribution in [0.3, 0.4) is 0 Å². The molecule has 0 radical (unpaired) electrons. The van der Waals surface area contributed by atoms with Crippen LogP contribution >= 0.6 is 0 Å². The van der Waals surface area contributed by atoms with Gasteiger partial charge in [-0.2, -0.15) is 0 Å². The van der Waals surface area contributed by atoms with Crippen molar-refractivity contribution in [1.82, 2.24) is 10.6 Å². The normalized spacial score (nSPS) is 12.6. The predicted octanol–water partition coefficient (Wildman–Crippen LogP) is 2.05. The van der Waals surface area contributed by atoms with Crippen molar-refractivity contribution in [3.63, 3.8) is 0 Å². The fraction of sp³-hybridized carbons (Fsp3) is 0.160. The summed E-state index contributed by atoms with van der Waals surface area (Å²) in [5.74, 6) is -0.0994. The Morgan fingerprint density at radius 1 is 0.848 bits per heavy atom. The maximum Gasteiger partial charge on any atom is 0.252 e. The van der Waals surface area contributed by atoms with E-state index in [1.54, 1.807) is 54.6 Å². The van der Waals surface area contributed by atoms with Crippen LogP contribution < -0.4 is 20.1 Å². The van der Waals surface area contributed by atoms with Gasteiger partial charge in [0.25, 0.3) is 5.91 Å². The first-order valence-corrected chi connectivity index (χ1v) is 10.3. The van der Waals surface area contributed by atoms with Crippen LogP contribution in [0, 0.1) is 0 Å². The zero-order valence-corrected chi connectivity index (χ0v) is 17.6. The molecule has 1 heterocycles. The maximum absolute atomic E-state index is 12.7. The molecule has 0 fully saturated rings. The Morgan fingerprint density at radius 2 is 1.58 bits per heavy atom. The molecule has 3 aromatic carbocycles. The summed E-state index contributed by atoms with van der Waals surface area (Å²) >= 11 is 0. The van der Waals surface area contributed by atoms with Crippen molar-refractivity contribution in [3.8, 4) is 11.5 Å². The smallest absolute Gasteiger partial charge is 0.252 e. The zero-order chi connectivity index (χ0) is 23.2. The van der Waals surface area contributed by atoms with Crippen molar-refractivity contribution in [2.75, 3.05) is 13.4 Å². The molecule has 0 aromatic heterocycles. The van der Waals surface area contributed by atoms with Gasteiger partial charge in [0.15, 0.2) is 17.3 Å². The van der Waals surface area contributed by atoms with Crippen molar-refractivity contribution in [2.45, 2.75) is 12.6 Å². The van der Waals surface area contributed by atoms with Gasteiger partial charge in [-0.1, -0.05) is 48.5 Å². The Kier molecular flexibility index (Phi) is 6.66. The first kappa shape index (κ1) is 22.0. The lowest BCUT2D eigenvalue weighted by Crippen LogP contribution is -2.48. The van der Waals surface area contributed by atoms with Gasteiger partial charge in [0, 0.05) is 23.2 Å². The van der Waals surface area contributed by atoms with Gasteiger partial charge in [0.1, 0.15) is 6.04 Å². The summed E-state index contributed by atoms with van der Waals surface area (Å²) in [6.07, 6.45) is 0. The van der Waals surface area contributed by atoms with Crippen LogP contribution in [0.4, 0.5) is 0 Å². The first-order valence-electron chi connectivity index (χ1n) is 10.3. The van der Waals surface area contributed by atoms with Crippen molar-refractivity contribution in [1.29, 1.82) is 0 Å². The van der Waals surface area contributed by atoms with E-state index in [2.05, 4.69) is 10.6 Å². The van der Waals surface area contributed by atoms with E-state index in [4.69, 9.17) is 9.47 Å². The van der Waals surface area contributed by atoms with Gasteiger partial charge in [0.05, 0.1) is 6.61 Å². The first-order chi connectivity index (χ1) is 16.0. The van der Waals surface area contributed by atoms with Crippen LogP contribution in [0.25, 0.3) is 0 Å². The summed E-state index contributed by atoms with van der Waals surface area (Å²) in [5.41, 5.74) is 1.84. The monoisotopic (exact) mass is 446 g/mol. The third-order valence-electron chi connectivity index (χ3n) is 5.13. The van der Waals surface area contributed by atoms with E-state index in [0.717, 1.165) is 5.56 Å². The second-order valence-electron chi connectivity index (χ2n) is 7.39. The Balaban J connectivity index is 1.38. The third kappa shape index (κ3) is 5.19. The number of benzene rings is 3. The summed E-state index contributed by atoms with van der Waals surface area (Å²) in [6.45, 7) is -0.244. The number of aliphatic hydroxyl groups is 1. The van der Waals surface area contributed by atoms with Gasteiger partial charge in [0.2, 0.25) is 12.7 Å². The number of hydrogen-bond donors (Lipinski definition) is 3. The Bertz CT molecular complexity index is 1180. The molecule has 1 aliphatic rings. The number of ketones is 1. The van der Waals surface area contributed by atoms with Gasteiger partial charge in [-0.05, 0) is 29.8 Å². The molecule has 3 aromatic rings. The largest absolute Gasteiger partial charge is 0.454 e. The fourth-order valence-electron chi connectivity index (χ4n) is 3.36. The molecule has 2 amide bonds. The molecular formula is C25H22N2O6. The highest BCUT2D eigenvalue weighted by Gasteiger charge is 2.22. The number of ether oxygens (including phenoxy) is 2. The summed E-state index contributed by atoms with van der Waals surface area (Å²) in [4.78, 5) is 37.8. The van der Waals surface area contributed by atoms with E-state index in [1.807, 2.05) is 6.07 Å². The van der Waals surface area contributed by atoms with Gasteiger partial charge < -0.3 is 25.2 Å². The molecule has 8 nitrogen and oxygen atoms in total. The second-order valence-corrected chi connectivity index (χ2v) is 7.39. The molecule has 1 atom stereocenters. The number of fused-ring (bicyclic) bond motifs is 1. The van der Waals surface area contributed by atoms with Crippen LogP contribution in [0.2, 0.25) is 0 Å². The molecule has 0 saturated heterocycles. The number of carbonyl (C=O) groups excluding carboxylic acids is 3. The molecule has 168 valence electrons. The van der Waals surface area contributed by atoms with Crippen LogP contribution in [0.5, 0.6) is 11.5 Å². The topological polar surface area (TPSA) is 114 Å². The van der Waals surface area contributed by atoms with E-state index in [9.17, 15) is 19.5 Å². The minimum atomic E-state index is -1.15. The van der Waals surface area contributed by atoms with Crippen LogP contribution in [-0.4, -0.2) is 42.1 Å². The van der Waals surface area contributed by atoms with Gasteiger partial charge in [-0.3, -0.25) is 14.4 Å². The van der Waals surface area contributed by atoms with Crippen molar-refractivity contribution in [2.24, 2.45) is 0 Å². The number of aliphatic hydroxyl groups excluding tert-OH is 1. The summed E-state index contributed by atoms with van der Waals surface area (Å²) in [5, 5.41) is 14.8. The lowest BCUT2D eigenvalue weighted by molar-refractivity contribution is -0.124. The lowest BCUT2D eigenvalue weighted by atomic mass is 10.0. The molecule has 0 aliphatic carbocycles. The summed E-state index contributed by atoms with van der Waals surface area (Å²) in [6, 6.07) is 19.1. The third-order valence-corrected chi connectivity index (χ3v) is 5.13. The van der Waals surface area contributed by atoms with E-state index < -0.39 is 24.5 Å². The average Bonchev–Trinajstić information content (AvgIpc) is 3.34. The van der Waals surface area contributed by atoms with E-state index in [0.29, 0.717) is 22.6 Å². The van der Waals surface area contributed by atoms with E-state index in [-0.39, 0.29) is 24.7 Å². The number of nitrogens with one attached hydrogen (secondary N) is 2. The predicted molar refractivity (Wildman–Crippen MR) is 119 cm³/mol. The number of amides is 2. The number of carbonyl (C=O) groups is 3. The Hall–Kier alpha value is -4.17. The molecule has 1 aliphatic heterocycles. The molecule has 4 rings (SSSR count). The van der Waals surface area contributed by atoms with Crippen molar-refractivity contribution in [3.05, 3.63) is 95.1 Å². The molecule has 33 heavy (non-hydrogen) atoms. The lowest BCUT2D eigenvalue weighted by Gasteiger charge is -2.16. The molecule has 8 heteroatoms. The molecule has 0 spiro atoms. The van der Waals surface area contributed by atoms with Crippen LogP contribution in [0.15, 0.2) is 72.8 Å². The van der Waals surface area contributed by atoms with Gasteiger partial charge in [-0.25, -0.2) is 0 Å². The fourth-order valence-corrected chi connectivity index (χ4v) is 3.36. The quantitative estimate of drug-likeness (QED) is 0.457. The van der Waals surface area contributed by atoms with Crippen LogP contribution in [0.1, 0.15) is 31.8 Å². The molecular weight excluding hydrogens is 424 g/mol. The number of rotatable bonds is 8. The summed E-state index contributed by atoms with van der Waals surface area (Å²) < 4.78 is 10.6. The minimum Gasteiger partial charge on any atom is -0.454 e. The highest BCUT2D eigenvalue weighted by molar-refractivity contribution is 6.10. The Labute approximate surface area is 190 Å². The van der Waals surface area contributed by atoms with Gasteiger partial charge >= 0.3 is 0 Å². The van der Waals surface area contributed by atoms with E-state index >= 15 is 0 Å². The Morgan fingerprint density at radius 3 is 2.36 bits per heavy atom. The highest BCUT2D eigenvalue weighted by Crippen LogP contribution is 2.32. The molecule has 0 saturated carbocycles. The zero-order valence-electron chi connectivity index (χ0n) is 17.6. The van der Waals surface area contributed by atoms with Crippen molar-refractivity contribution < 1.29 is 29.0 Å². The average molecular weight is 446 g/mol. The number of hydrogen-bond acceptors (Lipinski definition) is 6. The molecule has 1 unspecified atom stereocenters. The van der Waals surface area contributed by atoms with E-state index in [1.165, 1.54) is 12.1 Å². The van der Waals surface area contributed by atoms with Crippen molar-refractivity contribution >= 4 is 17.6 Å². The minimum absolute atomic E-state index is 0.155. The standard InChI is InChI=1S/C25H22N2O6/c28-14-20(25(31)26-13-16-9-10-21-22(11-16)33-15-32-21)27-24(30)19-8-4-7-18(12-19)23(29)17-5-2-1-3-6-17/h1-12,20,28H,13-15H2,(H,26,31)(H,27,30).